The van der Waals surface area contributed by atoms with E-state index in [0.717, 1.165) is 23.3 Å². The smallest absolute Gasteiger partial charge is 0.162 e. The average Bonchev–Trinajstić information content (AvgIpc) is 3.05. The largest absolute Gasteiger partial charge is 0.508 e. The number of phenolic OH excluding ortho intramolecular Hbond substituents is 6. The van der Waals surface area contributed by atoms with Gasteiger partial charge in [-0.1, -0.05) is 48.5 Å². The molecule has 4 aromatic rings. The first-order valence-electron chi connectivity index (χ1n) is 9.56. The van der Waals surface area contributed by atoms with Crippen LogP contribution in [0.3, 0.4) is 0 Å². The molecule has 6 heteroatoms. The molecule has 1 aliphatic carbocycles. The third-order valence-corrected chi connectivity index (χ3v) is 5.91. The second-order valence-corrected chi connectivity index (χ2v) is 7.56. The molecule has 1 aliphatic rings. The van der Waals surface area contributed by atoms with Crippen LogP contribution >= 0.6 is 0 Å². The van der Waals surface area contributed by atoms with Crippen LogP contribution in [-0.4, -0.2) is 30.6 Å². The number of rotatable bonds is 2. The summed E-state index contributed by atoms with van der Waals surface area (Å²) in [5.74, 6) is -2.66. The Kier molecular flexibility index (Phi) is 3.82. The number of benzene rings is 4. The Hall–Kier alpha value is -4.32. The highest BCUT2D eigenvalue weighted by atomic mass is 16.3. The molecule has 0 unspecified atom stereocenters. The minimum absolute atomic E-state index is 0.0858. The van der Waals surface area contributed by atoms with Gasteiger partial charge in [0.2, 0.25) is 0 Å². The Morgan fingerprint density at radius 3 is 1.26 bits per heavy atom. The standard InChI is InChI=1S/C25H18O6/c26-13-9-19(23(30)21(28)11-13)25(20-10-14(27)12-22(29)24(20)31)17-7-3-1-5-15(17)16-6-2-4-8-18(16)25/h1-12,26-31H. The summed E-state index contributed by atoms with van der Waals surface area (Å²) >= 11 is 0. The van der Waals surface area contributed by atoms with Gasteiger partial charge in [-0.15, -0.1) is 0 Å². The van der Waals surface area contributed by atoms with Gasteiger partial charge in [0.05, 0.1) is 5.41 Å². The molecule has 0 amide bonds. The summed E-state index contributed by atoms with van der Waals surface area (Å²) in [5, 5.41) is 63.0. The fourth-order valence-electron chi connectivity index (χ4n) is 4.74. The van der Waals surface area contributed by atoms with Gasteiger partial charge in [0, 0.05) is 23.3 Å². The molecule has 154 valence electrons. The lowest BCUT2D eigenvalue weighted by molar-refractivity contribution is 0.379. The molecule has 0 heterocycles. The van der Waals surface area contributed by atoms with Crippen LogP contribution in [0.15, 0.2) is 72.8 Å². The highest BCUT2D eigenvalue weighted by molar-refractivity contribution is 5.88. The molecule has 5 rings (SSSR count). The lowest BCUT2D eigenvalue weighted by Gasteiger charge is -2.34. The molecular weight excluding hydrogens is 396 g/mol. The van der Waals surface area contributed by atoms with E-state index in [0.29, 0.717) is 11.1 Å². The summed E-state index contributed by atoms with van der Waals surface area (Å²) in [5.41, 5.74) is 1.61. The van der Waals surface area contributed by atoms with E-state index in [2.05, 4.69) is 0 Å². The second-order valence-electron chi connectivity index (χ2n) is 7.56. The quantitative estimate of drug-likeness (QED) is 0.189. The summed E-state index contributed by atoms with van der Waals surface area (Å²) in [6.45, 7) is 0. The Bertz CT molecular complexity index is 1250. The van der Waals surface area contributed by atoms with Crippen LogP contribution in [0.4, 0.5) is 0 Å². The van der Waals surface area contributed by atoms with Crippen molar-refractivity contribution in [2.75, 3.05) is 0 Å². The maximum Gasteiger partial charge on any atom is 0.162 e. The Morgan fingerprint density at radius 1 is 0.452 bits per heavy atom. The van der Waals surface area contributed by atoms with E-state index in [1.54, 1.807) is 24.3 Å². The molecule has 0 aliphatic heterocycles. The molecule has 6 N–H and O–H groups in total. The van der Waals surface area contributed by atoms with Gasteiger partial charge in [0.15, 0.2) is 23.0 Å². The van der Waals surface area contributed by atoms with Crippen molar-refractivity contribution < 1.29 is 30.6 Å². The van der Waals surface area contributed by atoms with Crippen molar-refractivity contribution in [2.24, 2.45) is 0 Å². The van der Waals surface area contributed by atoms with Gasteiger partial charge in [-0.3, -0.25) is 0 Å². The SMILES string of the molecule is Oc1cc(O)c(O)c(C2(c3cc(O)cc(O)c3O)c3ccccc3-c3ccccc32)c1. The van der Waals surface area contributed by atoms with E-state index in [4.69, 9.17) is 0 Å². The maximum atomic E-state index is 10.9. The lowest BCUT2D eigenvalue weighted by Crippen LogP contribution is -2.29. The van der Waals surface area contributed by atoms with Crippen molar-refractivity contribution >= 4 is 0 Å². The highest BCUT2D eigenvalue weighted by Gasteiger charge is 2.50. The first-order chi connectivity index (χ1) is 14.9. The molecule has 6 nitrogen and oxygen atoms in total. The molecule has 0 bridgehead atoms. The van der Waals surface area contributed by atoms with Crippen LogP contribution in [0.25, 0.3) is 11.1 Å². The minimum atomic E-state index is -1.45. The predicted octanol–water partition coefficient (Wildman–Crippen LogP) is 4.28. The van der Waals surface area contributed by atoms with Crippen molar-refractivity contribution in [3.8, 4) is 45.6 Å². The van der Waals surface area contributed by atoms with Gasteiger partial charge in [0.25, 0.3) is 0 Å². The summed E-state index contributed by atoms with van der Waals surface area (Å²) in [7, 11) is 0. The molecule has 0 saturated heterocycles. The zero-order valence-electron chi connectivity index (χ0n) is 16.1. The van der Waals surface area contributed by atoms with Crippen molar-refractivity contribution in [3.05, 3.63) is 95.1 Å². The van der Waals surface area contributed by atoms with Crippen LogP contribution < -0.4 is 0 Å². The van der Waals surface area contributed by atoms with E-state index in [1.165, 1.54) is 12.1 Å². The number of hydrogen-bond acceptors (Lipinski definition) is 6. The second kappa shape index (κ2) is 6.34. The van der Waals surface area contributed by atoms with Crippen LogP contribution in [0, 0.1) is 0 Å². The fraction of sp³-hybridized carbons (Fsp3) is 0.0400. The van der Waals surface area contributed by atoms with E-state index < -0.39 is 28.4 Å². The maximum absolute atomic E-state index is 10.9. The van der Waals surface area contributed by atoms with Crippen LogP contribution in [-0.2, 0) is 5.41 Å². The molecule has 0 aromatic heterocycles. The Labute approximate surface area is 177 Å². The molecule has 0 fully saturated rings. The fourth-order valence-corrected chi connectivity index (χ4v) is 4.74. The van der Waals surface area contributed by atoms with Crippen LogP contribution in [0.1, 0.15) is 22.3 Å². The molecule has 0 spiro atoms. The molecule has 0 radical (unpaired) electrons. The number of phenols is 6. The van der Waals surface area contributed by atoms with Crippen molar-refractivity contribution in [1.29, 1.82) is 0 Å². The first-order valence-corrected chi connectivity index (χ1v) is 9.56. The molecule has 4 aromatic carbocycles. The van der Waals surface area contributed by atoms with Gasteiger partial charge in [-0.05, 0) is 34.4 Å². The summed E-state index contributed by atoms with van der Waals surface area (Å²) in [6.07, 6.45) is 0. The van der Waals surface area contributed by atoms with Crippen molar-refractivity contribution in [3.63, 3.8) is 0 Å². The third-order valence-electron chi connectivity index (χ3n) is 5.91. The van der Waals surface area contributed by atoms with Gasteiger partial charge >= 0.3 is 0 Å². The summed E-state index contributed by atoms with van der Waals surface area (Å²) in [4.78, 5) is 0. The molecule has 0 atom stereocenters. The van der Waals surface area contributed by atoms with Crippen molar-refractivity contribution in [2.45, 2.75) is 5.41 Å². The van der Waals surface area contributed by atoms with Gasteiger partial charge in [-0.2, -0.15) is 0 Å². The first kappa shape index (κ1) is 18.7. The number of aromatic hydroxyl groups is 6. The normalized spacial score (nSPS) is 13.5. The van der Waals surface area contributed by atoms with Gasteiger partial charge < -0.3 is 30.6 Å². The molecule has 0 saturated carbocycles. The lowest BCUT2D eigenvalue weighted by atomic mass is 9.66. The summed E-state index contributed by atoms with van der Waals surface area (Å²) < 4.78 is 0. The zero-order chi connectivity index (χ0) is 21.9. The van der Waals surface area contributed by atoms with E-state index in [-0.39, 0.29) is 22.6 Å². The number of hydrogen-bond donors (Lipinski definition) is 6. The topological polar surface area (TPSA) is 121 Å². The average molecular weight is 414 g/mol. The van der Waals surface area contributed by atoms with Gasteiger partial charge in [0.1, 0.15) is 11.5 Å². The predicted molar refractivity (Wildman–Crippen MR) is 114 cm³/mol. The third kappa shape index (κ3) is 2.39. The Morgan fingerprint density at radius 2 is 0.839 bits per heavy atom. The highest BCUT2D eigenvalue weighted by Crippen LogP contribution is 2.61. The van der Waals surface area contributed by atoms with E-state index in [9.17, 15) is 30.6 Å². The zero-order valence-corrected chi connectivity index (χ0v) is 16.1. The number of fused-ring (bicyclic) bond motifs is 3. The van der Waals surface area contributed by atoms with Gasteiger partial charge in [-0.25, -0.2) is 0 Å². The van der Waals surface area contributed by atoms with Crippen LogP contribution in [0.2, 0.25) is 0 Å². The molecular formula is C25H18O6. The van der Waals surface area contributed by atoms with E-state index >= 15 is 0 Å². The molecule has 31 heavy (non-hydrogen) atoms. The summed E-state index contributed by atoms with van der Waals surface area (Å²) in [6, 6.07) is 19.3. The Balaban J connectivity index is 2.07. The minimum Gasteiger partial charge on any atom is -0.508 e. The van der Waals surface area contributed by atoms with Crippen LogP contribution in [0.5, 0.6) is 34.5 Å². The van der Waals surface area contributed by atoms with E-state index in [1.807, 2.05) is 24.3 Å². The monoisotopic (exact) mass is 414 g/mol. The van der Waals surface area contributed by atoms with Crippen molar-refractivity contribution in [1.82, 2.24) is 0 Å².